The second-order valence-electron chi connectivity index (χ2n) is 3.79. The Kier molecular flexibility index (Phi) is 4.42. The molecule has 4 N–H and O–H groups in total. The highest BCUT2D eigenvalue weighted by atomic mass is 35.5. The van der Waals surface area contributed by atoms with E-state index in [2.05, 4.69) is 5.32 Å². The lowest BCUT2D eigenvalue weighted by Gasteiger charge is -2.12. The molecule has 0 bridgehead atoms. The van der Waals surface area contributed by atoms with E-state index in [4.69, 9.17) is 22.4 Å². The molecule has 0 aliphatic carbocycles. The molecule has 100 valence electrons. The molecule has 8 heteroatoms. The summed E-state index contributed by atoms with van der Waals surface area (Å²) in [5.41, 5.74) is 5.80. The van der Waals surface area contributed by atoms with Crippen LogP contribution >= 0.6 is 11.6 Å². The van der Waals surface area contributed by atoms with Crippen molar-refractivity contribution in [2.24, 2.45) is 0 Å². The number of nitrogens with one attached hydrogen (secondary N) is 1. The first-order valence-corrected chi connectivity index (χ1v) is 7.38. The number of carboxylic acids is 1. The minimum atomic E-state index is -3.13. The Morgan fingerprint density at radius 2 is 2.11 bits per heavy atom. The first-order chi connectivity index (χ1) is 8.20. The van der Waals surface area contributed by atoms with Crippen LogP contribution in [0, 0.1) is 0 Å². The summed E-state index contributed by atoms with van der Waals surface area (Å²) in [6.45, 7) is 0.0722. The van der Waals surface area contributed by atoms with Crippen molar-refractivity contribution in [2.45, 2.75) is 0 Å². The third kappa shape index (κ3) is 4.08. The van der Waals surface area contributed by atoms with Gasteiger partial charge < -0.3 is 16.2 Å². The van der Waals surface area contributed by atoms with E-state index in [9.17, 15) is 13.2 Å². The van der Waals surface area contributed by atoms with Gasteiger partial charge in [-0.25, -0.2) is 13.2 Å². The van der Waals surface area contributed by atoms with Crippen LogP contribution in [-0.4, -0.2) is 38.0 Å². The minimum absolute atomic E-state index is 0.0722. The molecule has 0 aliphatic heterocycles. The molecule has 1 aromatic carbocycles. The second kappa shape index (κ2) is 5.45. The molecule has 0 saturated heterocycles. The summed E-state index contributed by atoms with van der Waals surface area (Å²) < 4.78 is 21.9. The Morgan fingerprint density at radius 1 is 1.50 bits per heavy atom. The number of sulfone groups is 1. The molecule has 6 nitrogen and oxygen atoms in total. The molecule has 1 aromatic rings. The normalized spacial score (nSPS) is 11.2. The summed E-state index contributed by atoms with van der Waals surface area (Å²) >= 11 is 5.87. The van der Waals surface area contributed by atoms with E-state index in [0.717, 1.165) is 6.26 Å². The van der Waals surface area contributed by atoms with Gasteiger partial charge in [0, 0.05) is 18.5 Å². The van der Waals surface area contributed by atoms with Gasteiger partial charge in [-0.05, 0) is 12.1 Å². The number of hydrogen-bond donors (Lipinski definition) is 3. The van der Waals surface area contributed by atoms with E-state index >= 15 is 0 Å². The van der Waals surface area contributed by atoms with Crippen molar-refractivity contribution in [2.75, 3.05) is 29.6 Å². The average molecular weight is 293 g/mol. The van der Waals surface area contributed by atoms with Crippen LogP contribution < -0.4 is 11.1 Å². The highest BCUT2D eigenvalue weighted by molar-refractivity contribution is 7.90. The van der Waals surface area contributed by atoms with Crippen LogP contribution in [0.1, 0.15) is 10.4 Å². The number of carboxylic acid groups (broad SMARTS) is 1. The third-order valence-corrected chi connectivity index (χ3v) is 3.36. The third-order valence-electron chi connectivity index (χ3n) is 2.12. The average Bonchev–Trinajstić information content (AvgIpc) is 2.18. The lowest BCUT2D eigenvalue weighted by atomic mass is 10.1. The Bertz CT molecular complexity index is 571. The zero-order chi connectivity index (χ0) is 13.9. The van der Waals surface area contributed by atoms with E-state index in [-0.39, 0.29) is 34.3 Å². The van der Waals surface area contributed by atoms with E-state index in [1.54, 1.807) is 0 Å². The molecule has 0 saturated carbocycles. The number of carbonyl (C=O) groups is 1. The summed E-state index contributed by atoms with van der Waals surface area (Å²) in [5.74, 6) is -1.31. The van der Waals surface area contributed by atoms with Gasteiger partial charge in [-0.2, -0.15) is 0 Å². The highest BCUT2D eigenvalue weighted by Crippen LogP contribution is 2.29. The molecule has 0 amide bonds. The highest BCUT2D eigenvalue weighted by Gasteiger charge is 2.15. The largest absolute Gasteiger partial charge is 0.478 e. The van der Waals surface area contributed by atoms with Gasteiger partial charge in [0.1, 0.15) is 9.84 Å². The zero-order valence-electron chi connectivity index (χ0n) is 9.60. The van der Waals surface area contributed by atoms with Crippen molar-refractivity contribution in [3.05, 3.63) is 22.7 Å². The predicted molar refractivity (Wildman–Crippen MR) is 71.0 cm³/mol. The lowest BCUT2D eigenvalue weighted by Crippen LogP contribution is -2.16. The summed E-state index contributed by atoms with van der Waals surface area (Å²) in [6.07, 6.45) is 1.09. The van der Waals surface area contributed by atoms with Gasteiger partial charge >= 0.3 is 5.97 Å². The molecule has 0 aromatic heterocycles. The van der Waals surface area contributed by atoms with E-state index < -0.39 is 15.8 Å². The molecule has 0 fully saturated rings. The number of nitrogens with two attached hydrogens (primary N) is 1. The van der Waals surface area contributed by atoms with Crippen LogP contribution in [0.5, 0.6) is 0 Å². The summed E-state index contributed by atoms with van der Waals surface area (Å²) in [5, 5.41) is 11.8. The Hall–Kier alpha value is -1.47. The molecule has 1 rings (SSSR count). The van der Waals surface area contributed by atoms with Crippen molar-refractivity contribution in [3.63, 3.8) is 0 Å². The van der Waals surface area contributed by atoms with Gasteiger partial charge in [-0.15, -0.1) is 0 Å². The fourth-order valence-electron chi connectivity index (χ4n) is 1.34. The van der Waals surface area contributed by atoms with Gasteiger partial charge in [0.05, 0.1) is 22.0 Å². The van der Waals surface area contributed by atoms with Gasteiger partial charge in [0.25, 0.3) is 0 Å². The quantitative estimate of drug-likeness (QED) is 0.701. The molecule has 0 radical (unpaired) electrons. The van der Waals surface area contributed by atoms with Crippen LogP contribution in [0.2, 0.25) is 5.02 Å². The molecule has 0 heterocycles. The number of anilines is 2. The molecular weight excluding hydrogens is 280 g/mol. The molecule has 0 aliphatic rings. The SMILES string of the molecule is CS(=O)(=O)CCNc1c(Cl)cc(N)cc1C(=O)O. The van der Waals surface area contributed by atoms with Crippen LogP contribution in [0.25, 0.3) is 0 Å². The second-order valence-corrected chi connectivity index (χ2v) is 6.45. The first kappa shape index (κ1) is 14.6. The lowest BCUT2D eigenvalue weighted by molar-refractivity contribution is 0.0698. The minimum Gasteiger partial charge on any atom is -0.478 e. The van der Waals surface area contributed by atoms with Crippen LogP contribution in [0.3, 0.4) is 0 Å². The predicted octanol–water partition coefficient (Wildman–Crippen LogP) is 1.08. The molecule has 0 unspecified atom stereocenters. The summed E-state index contributed by atoms with van der Waals surface area (Å²) in [7, 11) is -3.13. The monoisotopic (exact) mass is 292 g/mol. The molecule has 18 heavy (non-hydrogen) atoms. The van der Waals surface area contributed by atoms with Crippen molar-refractivity contribution in [3.8, 4) is 0 Å². The van der Waals surface area contributed by atoms with Gasteiger partial charge in [-0.3, -0.25) is 0 Å². The van der Waals surface area contributed by atoms with Crippen LogP contribution in [0.15, 0.2) is 12.1 Å². The van der Waals surface area contributed by atoms with E-state index in [1.807, 2.05) is 0 Å². The number of halogens is 1. The van der Waals surface area contributed by atoms with E-state index in [1.165, 1.54) is 12.1 Å². The summed E-state index contributed by atoms with van der Waals surface area (Å²) in [6, 6.07) is 2.66. The number of aromatic carboxylic acids is 1. The Labute approximate surface area is 110 Å². The smallest absolute Gasteiger partial charge is 0.337 e. The zero-order valence-corrected chi connectivity index (χ0v) is 11.2. The summed E-state index contributed by atoms with van der Waals surface area (Å²) in [4.78, 5) is 11.0. The van der Waals surface area contributed by atoms with Crippen molar-refractivity contribution in [1.82, 2.24) is 0 Å². The number of nitrogen functional groups attached to an aromatic ring is 1. The number of rotatable bonds is 5. The van der Waals surface area contributed by atoms with Gasteiger partial charge in [0.15, 0.2) is 0 Å². The van der Waals surface area contributed by atoms with Gasteiger partial charge in [-0.1, -0.05) is 11.6 Å². The van der Waals surface area contributed by atoms with Gasteiger partial charge in [0.2, 0.25) is 0 Å². The maximum atomic E-state index is 11.0. The van der Waals surface area contributed by atoms with E-state index in [0.29, 0.717) is 0 Å². The van der Waals surface area contributed by atoms with Crippen molar-refractivity contribution >= 4 is 38.8 Å². The first-order valence-electron chi connectivity index (χ1n) is 4.94. The topological polar surface area (TPSA) is 109 Å². The maximum absolute atomic E-state index is 11.0. The maximum Gasteiger partial charge on any atom is 0.337 e. The number of benzene rings is 1. The Balaban J connectivity index is 2.97. The fourth-order valence-corrected chi connectivity index (χ4v) is 2.10. The van der Waals surface area contributed by atoms with Crippen LogP contribution in [0.4, 0.5) is 11.4 Å². The standard InChI is InChI=1S/C10H13ClN2O4S/c1-18(16,17)3-2-13-9-7(10(14)15)4-6(12)5-8(9)11/h4-5,13H,2-3,12H2,1H3,(H,14,15). The fraction of sp³-hybridized carbons (Fsp3) is 0.300. The van der Waals surface area contributed by atoms with Crippen molar-refractivity contribution in [1.29, 1.82) is 0 Å². The number of hydrogen-bond acceptors (Lipinski definition) is 5. The Morgan fingerprint density at radius 3 is 2.61 bits per heavy atom. The molecule has 0 atom stereocenters. The molecule has 0 spiro atoms. The van der Waals surface area contributed by atoms with Crippen LogP contribution in [-0.2, 0) is 9.84 Å². The molecular formula is C10H13ClN2O4S. The van der Waals surface area contributed by atoms with Crippen molar-refractivity contribution < 1.29 is 18.3 Å².